The van der Waals surface area contributed by atoms with E-state index in [0.29, 0.717) is 12.2 Å². The zero-order valence-electron chi connectivity index (χ0n) is 9.17. The molecule has 82 valence electrons. The molecule has 0 atom stereocenters. The van der Waals surface area contributed by atoms with Gasteiger partial charge in [-0.3, -0.25) is 0 Å². The van der Waals surface area contributed by atoms with Crippen LogP contribution in [0.1, 0.15) is 33.1 Å². The van der Waals surface area contributed by atoms with Gasteiger partial charge in [0.2, 0.25) is 0 Å². The number of carbonyl (C=O) groups excluding carboxylic acids is 1. The topological polar surface area (TPSA) is 35.5 Å². The van der Waals surface area contributed by atoms with E-state index in [4.69, 9.17) is 9.47 Å². The summed E-state index contributed by atoms with van der Waals surface area (Å²) >= 11 is 0. The summed E-state index contributed by atoms with van der Waals surface area (Å²) in [5.41, 5.74) is 0.451. The van der Waals surface area contributed by atoms with Gasteiger partial charge in [-0.25, -0.2) is 4.79 Å². The molecule has 14 heavy (non-hydrogen) atoms. The maximum Gasteiger partial charge on any atom is 0.333 e. The molecule has 0 radical (unpaired) electrons. The van der Waals surface area contributed by atoms with Gasteiger partial charge in [-0.2, -0.15) is 0 Å². The predicted molar refractivity (Wildman–Crippen MR) is 56.1 cm³/mol. The maximum atomic E-state index is 10.9. The van der Waals surface area contributed by atoms with Crippen molar-refractivity contribution in [2.75, 3.05) is 19.8 Å². The van der Waals surface area contributed by atoms with Crippen molar-refractivity contribution >= 4 is 5.97 Å². The van der Waals surface area contributed by atoms with Gasteiger partial charge in [0.25, 0.3) is 0 Å². The number of esters is 1. The summed E-state index contributed by atoms with van der Waals surface area (Å²) in [7, 11) is 0. The second-order valence-electron chi connectivity index (χ2n) is 3.24. The van der Waals surface area contributed by atoms with Crippen LogP contribution in [-0.2, 0) is 14.3 Å². The van der Waals surface area contributed by atoms with Crippen LogP contribution in [0.5, 0.6) is 0 Å². The average molecular weight is 200 g/mol. The van der Waals surface area contributed by atoms with Crippen molar-refractivity contribution in [1.29, 1.82) is 0 Å². The van der Waals surface area contributed by atoms with Gasteiger partial charge in [0.1, 0.15) is 0 Å². The van der Waals surface area contributed by atoms with Crippen molar-refractivity contribution in [1.82, 2.24) is 0 Å². The molecule has 0 fully saturated rings. The molecule has 3 nitrogen and oxygen atoms in total. The molecule has 0 aliphatic heterocycles. The van der Waals surface area contributed by atoms with Crippen LogP contribution in [0.2, 0.25) is 0 Å². The van der Waals surface area contributed by atoms with Crippen LogP contribution in [0.4, 0.5) is 0 Å². The lowest BCUT2D eigenvalue weighted by molar-refractivity contribution is -0.139. The standard InChI is InChI=1S/C11H20O3/c1-4-7-13-8-5-6-9-14-11(12)10(2)3/h2,4-9H2,1,3H3. The van der Waals surface area contributed by atoms with Crippen molar-refractivity contribution < 1.29 is 14.3 Å². The van der Waals surface area contributed by atoms with Gasteiger partial charge in [0.15, 0.2) is 0 Å². The fourth-order valence-electron chi connectivity index (χ4n) is 0.841. The van der Waals surface area contributed by atoms with E-state index in [9.17, 15) is 4.79 Å². The molecule has 0 bridgehead atoms. The third kappa shape index (κ3) is 7.80. The first kappa shape index (κ1) is 13.2. The van der Waals surface area contributed by atoms with Crippen molar-refractivity contribution in [3.8, 4) is 0 Å². The first-order chi connectivity index (χ1) is 6.68. The van der Waals surface area contributed by atoms with E-state index in [1.165, 1.54) is 0 Å². The third-order valence-corrected chi connectivity index (χ3v) is 1.61. The van der Waals surface area contributed by atoms with Crippen LogP contribution >= 0.6 is 0 Å². The highest BCUT2D eigenvalue weighted by Gasteiger charge is 2.01. The molecule has 0 amide bonds. The number of carbonyl (C=O) groups is 1. The normalized spacial score (nSPS) is 9.86. The SMILES string of the molecule is C=C(C)C(=O)OCCCCOCCC. The van der Waals surface area contributed by atoms with E-state index in [-0.39, 0.29) is 5.97 Å². The van der Waals surface area contributed by atoms with Crippen molar-refractivity contribution in [2.24, 2.45) is 0 Å². The summed E-state index contributed by atoms with van der Waals surface area (Å²) < 4.78 is 10.2. The molecule has 0 saturated heterocycles. The Morgan fingerprint density at radius 1 is 1.21 bits per heavy atom. The second-order valence-corrected chi connectivity index (χ2v) is 3.24. The molecule has 0 aliphatic rings. The highest BCUT2D eigenvalue weighted by molar-refractivity contribution is 5.86. The number of hydrogen-bond donors (Lipinski definition) is 0. The molecule has 0 unspecified atom stereocenters. The van der Waals surface area contributed by atoms with Crippen LogP contribution in [0, 0.1) is 0 Å². The van der Waals surface area contributed by atoms with E-state index in [2.05, 4.69) is 13.5 Å². The van der Waals surface area contributed by atoms with Crippen molar-refractivity contribution in [3.05, 3.63) is 12.2 Å². The molecular formula is C11H20O3. The summed E-state index contributed by atoms with van der Waals surface area (Å²) in [5.74, 6) is -0.306. The van der Waals surface area contributed by atoms with Crippen LogP contribution in [0.3, 0.4) is 0 Å². The molecule has 0 aliphatic carbocycles. The zero-order valence-corrected chi connectivity index (χ0v) is 9.17. The maximum absolute atomic E-state index is 10.9. The van der Waals surface area contributed by atoms with Crippen LogP contribution in [0.15, 0.2) is 12.2 Å². The van der Waals surface area contributed by atoms with Crippen molar-refractivity contribution in [2.45, 2.75) is 33.1 Å². The number of rotatable bonds is 8. The molecule has 3 heteroatoms. The number of unbranched alkanes of at least 4 members (excludes halogenated alkanes) is 1. The summed E-state index contributed by atoms with van der Waals surface area (Å²) in [6.45, 7) is 9.24. The third-order valence-electron chi connectivity index (χ3n) is 1.61. The van der Waals surface area contributed by atoms with Gasteiger partial charge >= 0.3 is 5.97 Å². The number of hydrogen-bond acceptors (Lipinski definition) is 3. The monoisotopic (exact) mass is 200 g/mol. The molecule has 0 aromatic heterocycles. The summed E-state index contributed by atoms with van der Waals surface area (Å²) in [4.78, 5) is 10.9. The summed E-state index contributed by atoms with van der Waals surface area (Å²) in [5, 5.41) is 0. The van der Waals surface area contributed by atoms with E-state index < -0.39 is 0 Å². The quantitative estimate of drug-likeness (QED) is 0.342. The Bertz CT molecular complexity index is 175. The molecule has 0 N–H and O–H groups in total. The zero-order chi connectivity index (χ0) is 10.8. The van der Waals surface area contributed by atoms with Gasteiger partial charge in [0, 0.05) is 18.8 Å². The van der Waals surface area contributed by atoms with Gasteiger partial charge in [0.05, 0.1) is 6.61 Å². The Labute approximate surface area is 86.1 Å². The Morgan fingerprint density at radius 2 is 1.86 bits per heavy atom. The average Bonchev–Trinajstić information content (AvgIpc) is 2.16. The minimum atomic E-state index is -0.306. The Morgan fingerprint density at radius 3 is 2.43 bits per heavy atom. The molecule has 0 heterocycles. The molecule has 0 spiro atoms. The van der Waals surface area contributed by atoms with E-state index >= 15 is 0 Å². The molecule has 0 aromatic rings. The Kier molecular flexibility index (Phi) is 8.24. The van der Waals surface area contributed by atoms with Gasteiger partial charge in [-0.05, 0) is 26.2 Å². The smallest absolute Gasteiger partial charge is 0.333 e. The minimum absolute atomic E-state index is 0.306. The highest BCUT2D eigenvalue weighted by Crippen LogP contribution is 1.96. The summed E-state index contributed by atoms with van der Waals surface area (Å²) in [6.07, 6.45) is 2.83. The number of ether oxygens (including phenoxy) is 2. The molecule has 0 aromatic carbocycles. The Hall–Kier alpha value is -0.830. The predicted octanol–water partition coefficient (Wildman–Crippen LogP) is 2.31. The van der Waals surface area contributed by atoms with Crippen LogP contribution < -0.4 is 0 Å². The van der Waals surface area contributed by atoms with Crippen LogP contribution in [-0.4, -0.2) is 25.8 Å². The minimum Gasteiger partial charge on any atom is -0.462 e. The van der Waals surface area contributed by atoms with E-state index in [1.807, 2.05) is 0 Å². The van der Waals surface area contributed by atoms with Crippen molar-refractivity contribution in [3.63, 3.8) is 0 Å². The first-order valence-corrected chi connectivity index (χ1v) is 5.08. The van der Waals surface area contributed by atoms with E-state index in [1.54, 1.807) is 6.92 Å². The lowest BCUT2D eigenvalue weighted by Crippen LogP contribution is -2.07. The van der Waals surface area contributed by atoms with E-state index in [0.717, 1.165) is 32.5 Å². The molecule has 0 saturated carbocycles. The fourth-order valence-corrected chi connectivity index (χ4v) is 0.841. The largest absolute Gasteiger partial charge is 0.462 e. The fraction of sp³-hybridized carbons (Fsp3) is 0.727. The highest BCUT2D eigenvalue weighted by atomic mass is 16.5. The van der Waals surface area contributed by atoms with Gasteiger partial charge in [-0.1, -0.05) is 13.5 Å². The lowest BCUT2D eigenvalue weighted by Gasteiger charge is -2.04. The second kappa shape index (κ2) is 8.75. The van der Waals surface area contributed by atoms with Crippen LogP contribution in [0.25, 0.3) is 0 Å². The Balaban J connectivity index is 3.13. The van der Waals surface area contributed by atoms with Gasteiger partial charge < -0.3 is 9.47 Å². The summed E-state index contributed by atoms with van der Waals surface area (Å²) in [6, 6.07) is 0. The molecule has 0 rings (SSSR count). The van der Waals surface area contributed by atoms with Gasteiger partial charge in [-0.15, -0.1) is 0 Å². The first-order valence-electron chi connectivity index (χ1n) is 5.08. The molecular weight excluding hydrogens is 180 g/mol. The lowest BCUT2D eigenvalue weighted by atomic mass is 10.3.